The predicted octanol–water partition coefficient (Wildman–Crippen LogP) is 4.07. The van der Waals surface area contributed by atoms with Crippen molar-refractivity contribution in [2.24, 2.45) is 4.99 Å². The highest BCUT2D eigenvalue weighted by Gasteiger charge is 2.09. The molecule has 1 aromatic carbocycles. The van der Waals surface area contributed by atoms with E-state index >= 15 is 0 Å². The summed E-state index contributed by atoms with van der Waals surface area (Å²) in [5, 5.41) is 8.00. The van der Waals surface area contributed by atoms with E-state index in [1.54, 1.807) is 11.3 Å². The van der Waals surface area contributed by atoms with Crippen molar-refractivity contribution in [3.05, 3.63) is 51.5 Å². The monoisotopic (exact) mass is 515 g/mol. The molecule has 28 heavy (non-hydrogen) atoms. The molecular weight excluding hydrogens is 481 g/mol. The van der Waals surface area contributed by atoms with Crippen molar-refractivity contribution in [2.75, 3.05) is 20.6 Å². The van der Waals surface area contributed by atoms with Gasteiger partial charge in [-0.2, -0.15) is 0 Å². The largest absolute Gasteiger partial charge is 0.356 e. The van der Waals surface area contributed by atoms with Crippen LogP contribution in [0.2, 0.25) is 0 Å². The van der Waals surface area contributed by atoms with Gasteiger partial charge in [0.2, 0.25) is 0 Å². The summed E-state index contributed by atoms with van der Waals surface area (Å²) >= 11 is 1.80. The molecule has 0 saturated heterocycles. The minimum Gasteiger partial charge on any atom is -0.356 e. The summed E-state index contributed by atoms with van der Waals surface area (Å²) in [6.07, 6.45) is 3.96. The van der Waals surface area contributed by atoms with Crippen molar-refractivity contribution in [1.29, 1.82) is 0 Å². The third kappa shape index (κ3) is 8.05. The van der Waals surface area contributed by atoms with Crippen LogP contribution in [0, 0.1) is 0 Å². The second-order valence-electron chi connectivity index (χ2n) is 6.95. The highest BCUT2D eigenvalue weighted by molar-refractivity contribution is 14.0. The Kier molecular flexibility index (Phi) is 11.6. The summed E-state index contributed by atoms with van der Waals surface area (Å²) in [6.45, 7) is 9.15. The molecule has 156 valence electrons. The van der Waals surface area contributed by atoms with Gasteiger partial charge < -0.3 is 10.6 Å². The van der Waals surface area contributed by atoms with Gasteiger partial charge in [-0.25, -0.2) is 4.98 Å². The zero-order valence-electron chi connectivity index (χ0n) is 17.7. The molecule has 5 nitrogen and oxygen atoms in total. The molecule has 0 unspecified atom stereocenters. The summed E-state index contributed by atoms with van der Waals surface area (Å²) in [5.74, 6) is 0.828. The Labute approximate surface area is 191 Å². The molecule has 0 bridgehead atoms. The molecule has 2 aromatic rings. The Balaban J connectivity index is 0.00000392. The first-order valence-electron chi connectivity index (χ1n) is 9.68. The molecule has 0 atom stereocenters. The number of hydrogen-bond donors (Lipinski definition) is 2. The quantitative estimate of drug-likeness (QED) is 0.301. The first-order chi connectivity index (χ1) is 13.0. The van der Waals surface area contributed by atoms with Gasteiger partial charge in [0, 0.05) is 50.2 Å². The number of guanidine groups is 1. The highest BCUT2D eigenvalue weighted by Crippen LogP contribution is 2.14. The summed E-state index contributed by atoms with van der Waals surface area (Å²) < 4.78 is 0. The van der Waals surface area contributed by atoms with E-state index in [-0.39, 0.29) is 24.0 Å². The maximum absolute atomic E-state index is 4.47. The van der Waals surface area contributed by atoms with Gasteiger partial charge in [-0.1, -0.05) is 31.2 Å². The topological polar surface area (TPSA) is 52.6 Å². The van der Waals surface area contributed by atoms with E-state index in [2.05, 4.69) is 77.6 Å². The van der Waals surface area contributed by atoms with E-state index < -0.39 is 0 Å². The number of hydrogen-bond acceptors (Lipinski definition) is 4. The van der Waals surface area contributed by atoms with Crippen molar-refractivity contribution in [2.45, 2.75) is 52.7 Å². The Hall–Kier alpha value is -1.19. The summed E-state index contributed by atoms with van der Waals surface area (Å²) in [6, 6.07) is 9.13. The maximum atomic E-state index is 4.47. The molecule has 0 aliphatic heterocycles. The number of thiazole rings is 1. The van der Waals surface area contributed by atoms with Gasteiger partial charge in [-0.05, 0) is 38.4 Å². The Bertz CT molecular complexity index is 729. The lowest BCUT2D eigenvalue weighted by molar-refractivity contribution is 0.265. The van der Waals surface area contributed by atoms with E-state index in [9.17, 15) is 0 Å². The van der Waals surface area contributed by atoms with Crippen LogP contribution in [0.5, 0.6) is 0 Å². The van der Waals surface area contributed by atoms with E-state index in [1.807, 2.05) is 13.2 Å². The fraction of sp³-hybridized carbons (Fsp3) is 0.524. The van der Waals surface area contributed by atoms with Crippen LogP contribution >= 0.6 is 35.3 Å². The van der Waals surface area contributed by atoms with Gasteiger partial charge in [-0.3, -0.25) is 9.89 Å². The van der Waals surface area contributed by atoms with E-state index in [0.717, 1.165) is 38.4 Å². The SMILES string of the molecule is CCc1cnc(CCNC(=NC)NCc2ccccc2CN(C)C(C)C)s1.I. The summed E-state index contributed by atoms with van der Waals surface area (Å²) in [7, 11) is 3.98. The van der Waals surface area contributed by atoms with Gasteiger partial charge in [0.05, 0.1) is 5.01 Å². The van der Waals surface area contributed by atoms with Crippen LogP contribution in [0.3, 0.4) is 0 Å². The fourth-order valence-electron chi connectivity index (χ4n) is 2.65. The number of nitrogens with zero attached hydrogens (tertiary/aromatic N) is 3. The number of benzene rings is 1. The lowest BCUT2D eigenvalue weighted by Crippen LogP contribution is -2.38. The molecule has 2 N–H and O–H groups in total. The molecule has 1 heterocycles. The van der Waals surface area contributed by atoms with Gasteiger partial charge >= 0.3 is 0 Å². The van der Waals surface area contributed by atoms with Crippen LogP contribution in [-0.4, -0.2) is 42.5 Å². The fourth-order valence-corrected chi connectivity index (χ4v) is 3.51. The number of nitrogens with one attached hydrogen (secondary N) is 2. The Morgan fingerprint density at radius 2 is 1.93 bits per heavy atom. The van der Waals surface area contributed by atoms with E-state index in [4.69, 9.17) is 0 Å². The van der Waals surface area contributed by atoms with Gasteiger partial charge in [0.25, 0.3) is 0 Å². The molecule has 0 amide bonds. The van der Waals surface area contributed by atoms with Gasteiger partial charge in [-0.15, -0.1) is 35.3 Å². The molecule has 2 rings (SSSR count). The first kappa shape index (κ1) is 24.8. The van der Waals surface area contributed by atoms with Crippen LogP contribution < -0.4 is 10.6 Å². The molecule has 0 spiro atoms. The predicted molar refractivity (Wildman–Crippen MR) is 132 cm³/mol. The standard InChI is InChI=1S/C21H33N5S.HI/c1-6-19-14-24-20(27-19)11-12-23-21(22-4)25-13-17-9-7-8-10-18(17)15-26(5)16(2)3;/h7-10,14,16H,6,11-13,15H2,1-5H3,(H2,22,23,25);1H. The second kappa shape index (κ2) is 13.1. The third-order valence-corrected chi connectivity index (χ3v) is 5.87. The number of aromatic nitrogens is 1. The molecule has 0 aliphatic rings. The zero-order chi connectivity index (χ0) is 19.6. The molecular formula is C21H34IN5S. The zero-order valence-corrected chi connectivity index (χ0v) is 20.8. The van der Waals surface area contributed by atoms with Crippen LogP contribution in [-0.2, 0) is 25.9 Å². The number of aryl methyl sites for hydroxylation is 1. The molecule has 7 heteroatoms. The van der Waals surface area contributed by atoms with Crippen LogP contribution in [0.4, 0.5) is 0 Å². The molecule has 1 aromatic heterocycles. The molecule has 0 fully saturated rings. The first-order valence-corrected chi connectivity index (χ1v) is 10.5. The van der Waals surface area contributed by atoms with Crippen molar-refractivity contribution in [3.8, 4) is 0 Å². The molecule has 0 saturated carbocycles. The number of rotatable bonds is 9. The lowest BCUT2D eigenvalue weighted by Gasteiger charge is -2.23. The van der Waals surface area contributed by atoms with Crippen LogP contribution in [0.25, 0.3) is 0 Å². The van der Waals surface area contributed by atoms with Crippen molar-refractivity contribution < 1.29 is 0 Å². The maximum Gasteiger partial charge on any atom is 0.191 e. The molecule has 0 radical (unpaired) electrons. The lowest BCUT2D eigenvalue weighted by atomic mass is 10.1. The number of halogens is 1. The van der Waals surface area contributed by atoms with Crippen LogP contribution in [0.15, 0.2) is 35.5 Å². The van der Waals surface area contributed by atoms with E-state index in [0.29, 0.717) is 6.04 Å². The van der Waals surface area contributed by atoms with Gasteiger partial charge in [0.15, 0.2) is 5.96 Å². The van der Waals surface area contributed by atoms with Crippen LogP contribution in [0.1, 0.15) is 41.8 Å². The molecule has 0 aliphatic carbocycles. The highest BCUT2D eigenvalue weighted by atomic mass is 127. The average Bonchev–Trinajstić information content (AvgIpc) is 3.13. The smallest absolute Gasteiger partial charge is 0.191 e. The van der Waals surface area contributed by atoms with Crippen molar-refractivity contribution >= 4 is 41.3 Å². The minimum atomic E-state index is 0. The summed E-state index contributed by atoms with van der Waals surface area (Å²) in [4.78, 5) is 12.5. The van der Waals surface area contributed by atoms with Crippen molar-refractivity contribution in [3.63, 3.8) is 0 Å². The normalized spacial score (nSPS) is 11.6. The average molecular weight is 516 g/mol. The van der Waals surface area contributed by atoms with E-state index in [1.165, 1.54) is 21.0 Å². The minimum absolute atomic E-state index is 0. The number of aliphatic imine (C=N–C) groups is 1. The third-order valence-electron chi connectivity index (χ3n) is 4.67. The Morgan fingerprint density at radius 1 is 1.21 bits per heavy atom. The van der Waals surface area contributed by atoms with Crippen molar-refractivity contribution in [1.82, 2.24) is 20.5 Å². The van der Waals surface area contributed by atoms with Gasteiger partial charge in [0.1, 0.15) is 0 Å². The second-order valence-corrected chi connectivity index (χ2v) is 8.15. The summed E-state index contributed by atoms with van der Waals surface area (Å²) in [5.41, 5.74) is 2.66. The Morgan fingerprint density at radius 3 is 2.54 bits per heavy atom.